The van der Waals surface area contributed by atoms with E-state index in [1.807, 2.05) is 18.2 Å². The van der Waals surface area contributed by atoms with Gasteiger partial charge < -0.3 is 4.74 Å². The van der Waals surface area contributed by atoms with Gasteiger partial charge in [-0.3, -0.25) is 4.84 Å². The summed E-state index contributed by atoms with van der Waals surface area (Å²) in [5, 5.41) is 0. The van der Waals surface area contributed by atoms with Gasteiger partial charge in [-0.1, -0.05) is 36.4 Å². The first-order chi connectivity index (χ1) is 7.81. The highest BCUT2D eigenvalue weighted by atomic mass is 16.7. The Labute approximate surface area is 95.0 Å². The van der Waals surface area contributed by atoms with Gasteiger partial charge in [0, 0.05) is 0 Å². The summed E-state index contributed by atoms with van der Waals surface area (Å²) in [5.41, 5.74) is 5.36. The highest BCUT2D eigenvalue weighted by Crippen LogP contribution is 2.42. The summed E-state index contributed by atoms with van der Waals surface area (Å²) in [6.45, 7) is 3.44. The zero-order chi connectivity index (χ0) is 11.0. The van der Waals surface area contributed by atoms with Crippen molar-refractivity contribution < 1.29 is 9.57 Å². The molecule has 1 aromatic rings. The van der Waals surface area contributed by atoms with Crippen LogP contribution in [0.15, 0.2) is 42.0 Å². The van der Waals surface area contributed by atoms with E-state index in [0.717, 1.165) is 0 Å². The van der Waals surface area contributed by atoms with Crippen LogP contribution in [0.2, 0.25) is 0 Å². The van der Waals surface area contributed by atoms with Crippen LogP contribution in [0.25, 0.3) is 0 Å². The van der Waals surface area contributed by atoms with Crippen molar-refractivity contribution in [3.05, 3.63) is 47.5 Å². The van der Waals surface area contributed by atoms with Crippen LogP contribution in [0, 0.1) is 0 Å². The number of ether oxygens (including phenoxy) is 1. The Hall–Kier alpha value is -1.16. The summed E-state index contributed by atoms with van der Waals surface area (Å²) in [6, 6.07) is 10.3. The maximum absolute atomic E-state index is 5.88. The topological polar surface area (TPSA) is 30.5 Å². The molecule has 3 heteroatoms. The van der Waals surface area contributed by atoms with Gasteiger partial charge in [0.1, 0.15) is 6.10 Å². The third kappa shape index (κ3) is 1.40. The van der Waals surface area contributed by atoms with Gasteiger partial charge in [0.15, 0.2) is 0 Å². The zero-order valence-electron chi connectivity index (χ0n) is 9.27. The molecule has 0 aliphatic carbocycles. The van der Waals surface area contributed by atoms with Crippen molar-refractivity contribution in [3.63, 3.8) is 0 Å². The van der Waals surface area contributed by atoms with Crippen LogP contribution in [0.3, 0.4) is 0 Å². The van der Waals surface area contributed by atoms with Crippen LogP contribution in [-0.2, 0) is 9.57 Å². The van der Waals surface area contributed by atoms with Gasteiger partial charge in [0.25, 0.3) is 0 Å². The quantitative estimate of drug-likeness (QED) is 0.730. The van der Waals surface area contributed by atoms with E-state index in [2.05, 4.69) is 30.6 Å². The fraction of sp³-hybridized carbons (Fsp3) is 0.385. The Morgan fingerprint density at radius 3 is 2.94 bits per heavy atom. The van der Waals surface area contributed by atoms with Gasteiger partial charge in [-0.2, -0.15) is 5.48 Å². The number of hydrogen-bond acceptors (Lipinski definition) is 3. The maximum atomic E-state index is 5.88. The molecule has 1 saturated heterocycles. The van der Waals surface area contributed by atoms with Crippen LogP contribution >= 0.6 is 0 Å². The first-order valence-corrected chi connectivity index (χ1v) is 5.56. The molecule has 84 valence electrons. The van der Waals surface area contributed by atoms with Crippen molar-refractivity contribution in [1.82, 2.24) is 5.48 Å². The molecule has 2 aliphatic heterocycles. The summed E-state index contributed by atoms with van der Waals surface area (Å²) in [4.78, 5) is 5.33. The largest absolute Gasteiger partial charge is 0.367 e. The van der Waals surface area contributed by atoms with Crippen LogP contribution in [-0.4, -0.2) is 18.8 Å². The highest BCUT2D eigenvalue weighted by Gasteiger charge is 2.46. The molecule has 0 spiro atoms. The number of nitrogens with one attached hydrogen (secondary N) is 1. The lowest BCUT2D eigenvalue weighted by atomic mass is 9.85. The summed E-state index contributed by atoms with van der Waals surface area (Å²) in [7, 11) is 0. The van der Waals surface area contributed by atoms with Crippen molar-refractivity contribution in [1.29, 1.82) is 0 Å². The van der Waals surface area contributed by atoms with Crippen LogP contribution in [0.1, 0.15) is 18.6 Å². The third-order valence-corrected chi connectivity index (χ3v) is 3.40. The van der Waals surface area contributed by atoms with Crippen molar-refractivity contribution in [3.8, 4) is 0 Å². The minimum Gasteiger partial charge on any atom is -0.367 e. The first kappa shape index (κ1) is 10.0. The lowest BCUT2D eigenvalue weighted by molar-refractivity contribution is -0.0373. The molecule has 2 heterocycles. The Bertz CT molecular complexity index is 415. The lowest BCUT2D eigenvalue weighted by Crippen LogP contribution is -2.48. The van der Waals surface area contributed by atoms with Gasteiger partial charge in [-0.15, -0.1) is 0 Å². The number of benzene rings is 1. The molecule has 2 atom stereocenters. The second-order valence-electron chi connectivity index (χ2n) is 4.45. The molecule has 0 saturated carbocycles. The van der Waals surface area contributed by atoms with Gasteiger partial charge in [-0.25, -0.2) is 0 Å². The molecule has 1 N–H and O–H groups in total. The van der Waals surface area contributed by atoms with Gasteiger partial charge in [0.2, 0.25) is 0 Å². The number of rotatable bonds is 1. The van der Waals surface area contributed by atoms with E-state index in [9.17, 15) is 0 Å². The maximum Gasteiger partial charge on any atom is 0.107 e. The number of hydrogen-bond donors (Lipinski definition) is 1. The van der Waals surface area contributed by atoms with Crippen molar-refractivity contribution >= 4 is 0 Å². The Morgan fingerprint density at radius 2 is 2.12 bits per heavy atom. The van der Waals surface area contributed by atoms with Crippen LogP contribution < -0.4 is 5.48 Å². The van der Waals surface area contributed by atoms with Crippen LogP contribution in [0.4, 0.5) is 0 Å². The molecule has 1 aromatic carbocycles. The summed E-state index contributed by atoms with van der Waals surface area (Å²) < 4.78 is 5.88. The summed E-state index contributed by atoms with van der Waals surface area (Å²) >= 11 is 0. The Balaban J connectivity index is 1.99. The summed E-state index contributed by atoms with van der Waals surface area (Å²) in [5.74, 6) is 0. The molecular formula is C13H15NO2. The minimum absolute atomic E-state index is 0.0280. The highest BCUT2D eigenvalue weighted by molar-refractivity contribution is 5.34. The van der Waals surface area contributed by atoms with E-state index in [1.165, 1.54) is 11.1 Å². The molecule has 3 nitrogen and oxygen atoms in total. The number of fused-ring (bicyclic) bond motifs is 1. The zero-order valence-corrected chi connectivity index (χ0v) is 9.27. The Morgan fingerprint density at radius 1 is 1.31 bits per heavy atom. The van der Waals surface area contributed by atoms with E-state index < -0.39 is 0 Å². The average Bonchev–Trinajstić information content (AvgIpc) is 2.67. The molecule has 1 fully saturated rings. The molecule has 0 aromatic heterocycles. The van der Waals surface area contributed by atoms with E-state index in [4.69, 9.17) is 9.57 Å². The molecule has 16 heavy (non-hydrogen) atoms. The molecule has 3 rings (SSSR count). The summed E-state index contributed by atoms with van der Waals surface area (Å²) in [6.07, 6.45) is 2.14. The SMILES string of the molecule is C[C@]12NOCC=C1CO[C@@H]2c1ccccc1. The van der Waals surface area contributed by atoms with E-state index in [1.54, 1.807) is 0 Å². The molecular weight excluding hydrogens is 202 g/mol. The second kappa shape index (κ2) is 3.70. The van der Waals surface area contributed by atoms with Crippen molar-refractivity contribution in [2.75, 3.05) is 13.2 Å². The van der Waals surface area contributed by atoms with Gasteiger partial charge in [-0.05, 0) is 18.1 Å². The van der Waals surface area contributed by atoms with Crippen molar-refractivity contribution in [2.45, 2.75) is 18.6 Å². The number of hydroxylamine groups is 1. The molecule has 0 bridgehead atoms. The average molecular weight is 217 g/mol. The van der Waals surface area contributed by atoms with E-state index in [-0.39, 0.29) is 11.6 Å². The molecule has 0 unspecified atom stereocenters. The predicted molar refractivity (Wildman–Crippen MR) is 60.7 cm³/mol. The lowest BCUT2D eigenvalue weighted by Gasteiger charge is -2.34. The molecule has 2 aliphatic rings. The van der Waals surface area contributed by atoms with Crippen molar-refractivity contribution in [2.24, 2.45) is 0 Å². The molecule has 0 amide bonds. The van der Waals surface area contributed by atoms with E-state index >= 15 is 0 Å². The molecule has 0 radical (unpaired) electrons. The monoisotopic (exact) mass is 217 g/mol. The smallest absolute Gasteiger partial charge is 0.107 e. The Kier molecular flexibility index (Phi) is 2.32. The third-order valence-electron chi connectivity index (χ3n) is 3.40. The normalized spacial score (nSPS) is 33.3. The minimum atomic E-state index is -0.223. The first-order valence-electron chi connectivity index (χ1n) is 5.56. The standard InChI is InChI=1S/C13H15NO2/c1-13-11(7-8-16-14-13)9-15-12(13)10-5-3-2-4-6-10/h2-7,12,14H,8-9H2,1H3/t12-,13+/m1/s1. The second-order valence-corrected chi connectivity index (χ2v) is 4.45. The van der Waals surface area contributed by atoms with E-state index in [0.29, 0.717) is 13.2 Å². The fourth-order valence-electron chi connectivity index (χ4n) is 2.44. The van der Waals surface area contributed by atoms with Gasteiger partial charge in [0.05, 0.1) is 18.8 Å². The fourth-order valence-corrected chi connectivity index (χ4v) is 2.44. The predicted octanol–water partition coefficient (Wildman–Crippen LogP) is 1.98. The van der Waals surface area contributed by atoms with Gasteiger partial charge >= 0.3 is 0 Å². The van der Waals surface area contributed by atoms with Crippen LogP contribution in [0.5, 0.6) is 0 Å².